The van der Waals surface area contributed by atoms with Crippen LogP contribution in [0.1, 0.15) is 88.0 Å². The number of fused-ring (bicyclic) bond motifs is 5. The largest absolute Gasteiger partial charge is 0.393 e. The fourth-order valence-electron chi connectivity index (χ4n) is 8.12. The minimum absolute atomic E-state index is 0.0768. The fraction of sp³-hybridized carbons (Fsp3) is 0.654. The Kier molecular flexibility index (Phi) is 4.68. The number of rotatable bonds is 1. The van der Waals surface area contributed by atoms with E-state index in [-0.39, 0.29) is 34.0 Å². The van der Waals surface area contributed by atoms with Crippen LogP contribution in [-0.4, -0.2) is 16.2 Å². The lowest BCUT2D eigenvalue weighted by Crippen LogP contribution is -2.50. The molecule has 0 saturated heterocycles. The van der Waals surface area contributed by atoms with E-state index in [1.54, 1.807) is 6.07 Å². The van der Waals surface area contributed by atoms with Crippen LogP contribution in [0.15, 0.2) is 22.5 Å². The standard InChI is InChI=1S/C26H31N3O2/c1-25-9-7-17(30)12-16(25)3-4-18-20-5-6-22(26(20,2)10-8-21(18)25)23-11-15(13-27)19(14-28)24(31)29-23/h3,11,17-18,20-22,30H,4-10,12H2,1-2H3,(H,29,31)/t17-,18+,20+,21+,22+,25+,26+/m1/s1. The molecule has 3 saturated carbocycles. The van der Waals surface area contributed by atoms with Gasteiger partial charge in [0.1, 0.15) is 17.7 Å². The van der Waals surface area contributed by atoms with Gasteiger partial charge in [-0.25, -0.2) is 0 Å². The van der Waals surface area contributed by atoms with Crippen molar-refractivity contribution in [1.82, 2.24) is 4.98 Å². The van der Waals surface area contributed by atoms with E-state index in [9.17, 15) is 20.4 Å². The van der Waals surface area contributed by atoms with Crippen molar-refractivity contribution in [3.63, 3.8) is 0 Å². The van der Waals surface area contributed by atoms with Gasteiger partial charge in [0, 0.05) is 11.6 Å². The van der Waals surface area contributed by atoms with Crippen molar-refractivity contribution in [3.05, 3.63) is 44.9 Å². The lowest BCUT2D eigenvalue weighted by atomic mass is 9.47. The van der Waals surface area contributed by atoms with Gasteiger partial charge in [0.2, 0.25) is 0 Å². The summed E-state index contributed by atoms with van der Waals surface area (Å²) in [4.78, 5) is 15.4. The Morgan fingerprint density at radius 3 is 2.65 bits per heavy atom. The van der Waals surface area contributed by atoms with E-state index in [0.29, 0.717) is 17.8 Å². The van der Waals surface area contributed by atoms with E-state index in [0.717, 1.165) is 50.6 Å². The molecule has 1 heterocycles. The van der Waals surface area contributed by atoms with E-state index in [2.05, 4.69) is 24.9 Å². The van der Waals surface area contributed by atoms with Gasteiger partial charge in [-0.2, -0.15) is 10.5 Å². The van der Waals surface area contributed by atoms with Crippen LogP contribution >= 0.6 is 0 Å². The number of pyridine rings is 1. The fourth-order valence-corrected chi connectivity index (χ4v) is 8.12. The number of aromatic amines is 1. The first kappa shape index (κ1) is 20.5. The molecule has 0 aliphatic heterocycles. The summed E-state index contributed by atoms with van der Waals surface area (Å²) < 4.78 is 0. The number of H-pyrrole nitrogens is 1. The number of aliphatic hydroxyl groups is 1. The molecule has 5 rings (SSSR count). The van der Waals surface area contributed by atoms with Gasteiger partial charge in [-0.1, -0.05) is 25.5 Å². The number of aliphatic hydroxyl groups excluding tert-OH is 1. The average molecular weight is 418 g/mol. The third-order valence-corrected chi connectivity index (χ3v) is 9.74. The Hall–Kier alpha value is -2.37. The molecule has 31 heavy (non-hydrogen) atoms. The minimum Gasteiger partial charge on any atom is -0.393 e. The number of hydrogen-bond acceptors (Lipinski definition) is 4. The highest BCUT2D eigenvalue weighted by atomic mass is 16.3. The van der Waals surface area contributed by atoms with Crippen molar-refractivity contribution in [3.8, 4) is 12.1 Å². The third-order valence-electron chi connectivity index (χ3n) is 9.74. The van der Waals surface area contributed by atoms with Gasteiger partial charge in [-0.05, 0) is 86.0 Å². The molecule has 4 aliphatic carbocycles. The smallest absolute Gasteiger partial charge is 0.267 e. The molecule has 1 aromatic rings. The second-order valence-electron chi connectivity index (χ2n) is 10.9. The zero-order valence-electron chi connectivity index (χ0n) is 18.4. The summed E-state index contributed by atoms with van der Waals surface area (Å²) in [6.07, 6.45) is 10.7. The van der Waals surface area contributed by atoms with Crippen LogP contribution in [0.3, 0.4) is 0 Å². The van der Waals surface area contributed by atoms with E-state index in [1.807, 2.05) is 12.1 Å². The van der Waals surface area contributed by atoms with Crippen LogP contribution in [0.2, 0.25) is 0 Å². The van der Waals surface area contributed by atoms with Crippen LogP contribution in [-0.2, 0) is 0 Å². The lowest BCUT2D eigenvalue weighted by Gasteiger charge is -2.58. The molecule has 3 fully saturated rings. The van der Waals surface area contributed by atoms with Crippen LogP contribution in [0.5, 0.6) is 0 Å². The Labute approximate surface area is 183 Å². The molecule has 0 radical (unpaired) electrons. The molecule has 4 aliphatic rings. The molecule has 2 N–H and O–H groups in total. The van der Waals surface area contributed by atoms with Gasteiger partial charge in [-0.15, -0.1) is 0 Å². The molecule has 0 aromatic carbocycles. The zero-order chi connectivity index (χ0) is 22.0. The molecule has 0 spiro atoms. The van der Waals surface area contributed by atoms with Crippen LogP contribution in [0.4, 0.5) is 0 Å². The van der Waals surface area contributed by atoms with Gasteiger partial charge >= 0.3 is 0 Å². The number of hydrogen-bond donors (Lipinski definition) is 2. The maximum absolute atomic E-state index is 12.5. The summed E-state index contributed by atoms with van der Waals surface area (Å²) in [5, 5.41) is 28.9. The molecular weight excluding hydrogens is 386 g/mol. The Morgan fingerprint density at radius 2 is 1.90 bits per heavy atom. The second kappa shape index (κ2) is 7.07. The SMILES string of the molecule is C[C@]12CC[C@H]3[C@@H](CC=C4C[C@H](O)CC[C@@]43C)[C@@H]1CC[C@H]2c1cc(C#N)c(C#N)c(=O)[nH]1. The highest BCUT2D eigenvalue weighted by Gasteiger charge is 2.58. The predicted molar refractivity (Wildman–Crippen MR) is 117 cm³/mol. The van der Waals surface area contributed by atoms with E-state index in [1.165, 1.54) is 12.0 Å². The van der Waals surface area contributed by atoms with E-state index >= 15 is 0 Å². The molecule has 0 amide bonds. The Morgan fingerprint density at radius 1 is 1.10 bits per heavy atom. The molecule has 5 heteroatoms. The average Bonchev–Trinajstić information content (AvgIpc) is 3.10. The molecule has 162 valence electrons. The molecule has 5 nitrogen and oxygen atoms in total. The molecule has 0 unspecified atom stereocenters. The molecule has 0 bridgehead atoms. The summed E-state index contributed by atoms with van der Waals surface area (Å²) in [6.45, 7) is 4.83. The first-order valence-corrected chi connectivity index (χ1v) is 11.8. The second-order valence-corrected chi connectivity index (χ2v) is 10.9. The highest BCUT2D eigenvalue weighted by molar-refractivity contribution is 5.45. The zero-order valence-corrected chi connectivity index (χ0v) is 18.4. The van der Waals surface area contributed by atoms with Crippen molar-refractivity contribution in [1.29, 1.82) is 10.5 Å². The monoisotopic (exact) mass is 417 g/mol. The first-order valence-electron chi connectivity index (χ1n) is 11.8. The maximum atomic E-state index is 12.5. The Bertz CT molecular complexity index is 1090. The van der Waals surface area contributed by atoms with Crippen LogP contribution in [0.25, 0.3) is 0 Å². The van der Waals surface area contributed by atoms with Crippen molar-refractivity contribution < 1.29 is 5.11 Å². The molecular formula is C26H31N3O2. The number of nitriles is 2. The van der Waals surface area contributed by atoms with E-state index in [4.69, 9.17) is 0 Å². The number of allylic oxidation sites excluding steroid dienone is 1. The third kappa shape index (κ3) is 2.86. The minimum atomic E-state index is -0.434. The summed E-state index contributed by atoms with van der Waals surface area (Å²) in [5.74, 6) is 2.14. The number of aromatic nitrogens is 1. The van der Waals surface area contributed by atoms with Gasteiger partial charge in [-0.3, -0.25) is 4.79 Å². The van der Waals surface area contributed by atoms with Crippen molar-refractivity contribution in [2.75, 3.05) is 0 Å². The predicted octanol–water partition coefficient (Wildman–Crippen LogP) is 4.53. The maximum Gasteiger partial charge on any atom is 0.267 e. The normalized spacial score (nSPS) is 41.2. The number of nitrogens with one attached hydrogen (secondary N) is 1. The summed E-state index contributed by atoms with van der Waals surface area (Å²) in [7, 11) is 0. The van der Waals surface area contributed by atoms with Gasteiger partial charge in [0.15, 0.2) is 0 Å². The first-order chi connectivity index (χ1) is 14.8. The summed E-state index contributed by atoms with van der Waals surface area (Å²) >= 11 is 0. The molecule has 7 atom stereocenters. The van der Waals surface area contributed by atoms with Crippen molar-refractivity contribution in [2.24, 2.45) is 28.6 Å². The van der Waals surface area contributed by atoms with Crippen LogP contribution in [0, 0.1) is 51.2 Å². The summed E-state index contributed by atoms with van der Waals surface area (Å²) in [5.41, 5.74) is 2.33. The number of nitrogens with zero attached hydrogens (tertiary/aromatic N) is 2. The van der Waals surface area contributed by atoms with Gasteiger partial charge < -0.3 is 10.1 Å². The highest BCUT2D eigenvalue weighted by Crippen LogP contribution is 2.67. The molecule has 1 aromatic heterocycles. The van der Waals surface area contributed by atoms with Crippen LogP contribution < -0.4 is 5.56 Å². The van der Waals surface area contributed by atoms with Crippen molar-refractivity contribution in [2.45, 2.75) is 77.2 Å². The van der Waals surface area contributed by atoms with E-state index < -0.39 is 5.56 Å². The van der Waals surface area contributed by atoms with Crippen molar-refractivity contribution >= 4 is 0 Å². The topological polar surface area (TPSA) is 101 Å². The quantitative estimate of drug-likeness (QED) is 0.656. The Balaban J connectivity index is 1.49. The van der Waals surface area contributed by atoms with Gasteiger partial charge in [0.05, 0.1) is 11.7 Å². The lowest BCUT2D eigenvalue weighted by molar-refractivity contribution is -0.0412. The summed E-state index contributed by atoms with van der Waals surface area (Å²) in [6, 6.07) is 5.69. The van der Waals surface area contributed by atoms with Gasteiger partial charge in [0.25, 0.3) is 5.56 Å².